The van der Waals surface area contributed by atoms with Crippen molar-refractivity contribution in [2.45, 2.75) is 0 Å². The smallest absolute Gasteiger partial charge is 0.180 e. The largest absolute Gasteiger partial charge is 0.456 e. The minimum absolute atomic E-state index is 0.643. The van der Waals surface area contributed by atoms with E-state index in [4.69, 9.17) is 18.8 Å². The summed E-state index contributed by atoms with van der Waals surface area (Å²) in [4.78, 5) is 10.6. The Bertz CT molecular complexity index is 3880. The van der Waals surface area contributed by atoms with Crippen molar-refractivity contribution in [3.63, 3.8) is 0 Å². The van der Waals surface area contributed by atoms with E-state index in [9.17, 15) is 0 Å². The first kappa shape index (κ1) is 33.7. The first-order valence-electron chi connectivity index (χ1n) is 20.6. The fraction of sp³-hybridized carbons (Fsp3) is 0. The minimum Gasteiger partial charge on any atom is -0.456 e. The number of hydrogen-bond donors (Lipinski definition) is 0. The topological polar surface area (TPSA) is 57.0 Å². The summed E-state index contributed by atoms with van der Waals surface area (Å²) in [5.74, 6) is 0.643. The third-order valence-corrected chi connectivity index (χ3v) is 12.2. The van der Waals surface area contributed by atoms with E-state index in [0.717, 1.165) is 93.9 Å². The maximum atomic E-state index is 6.85. The fourth-order valence-electron chi connectivity index (χ4n) is 9.47. The molecule has 0 saturated heterocycles. The Kier molecular flexibility index (Phi) is 7.24. The van der Waals surface area contributed by atoms with Gasteiger partial charge in [0.05, 0.1) is 11.0 Å². The van der Waals surface area contributed by atoms with Crippen molar-refractivity contribution in [1.82, 2.24) is 14.5 Å². The normalized spacial score (nSPS) is 11.9. The summed E-state index contributed by atoms with van der Waals surface area (Å²) in [7, 11) is 0. The van der Waals surface area contributed by atoms with Crippen LogP contribution in [0.2, 0.25) is 0 Å². The molecular weight excluding hydrogens is 747 g/mol. The number of para-hydroxylation sites is 2. The molecule has 0 atom stereocenters. The number of nitrogens with zero attached hydrogens (tertiary/aromatic N) is 3. The summed E-state index contributed by atoms with van der Waals surface area (Å²) < 4.78 is 15.5. The molecule has 4 aromatic heterocycles. The van der Waals surface area contributed by atoms with Crippen molar-refractivity contribution in [1.29, 1.82) is 0 Å². The van der Waals surface area contributed by atoms with Crippen LogP contribution in [0.3, 0.4) is 0 Å². The van der Waals surface area contributed by atoms with Crippen LogP contribution in [0.25, 0.3) is 127 Å². The molecule has 4 heterocycles. The van der Waals surface area contributed by atoms with Gasteiger partial charge in [-0.15, -0.1) is 0 Å². The molecule has 0 amide bonds. The summed E-state index contributed by atoms with van der Waals surface area (Å²) in [5.41, 5.74) is 14.6. The van der Waals surface area contributed by atoms with Gasteiger partial charge in [-0.3, -0.25) is 0 Å². The van der Waals surface area contributed by atoms with Crippen LogP contribution in [-0.2, 0) is 0 Å². The Morgan fingerprint density at radius 1 is 0.361 bits per heavy atom. The second-order valence-electron chi connectivity index (χ2n) is 15.7. The van der Waals surface area contributed by atoms with E-state index in [-0.39, 0.29) is 0 Å². The quantitative estimate of drug-likeness (QED) is 0.175. The molecule has 284 valence electrons. The minimum atomic E-state index is 0.643. The first-order valence-corrected chi connectivity index (χ1v) is 20.6. The van der Waals surface area contributed by atoms with Crippen LogP contribution in [0.5, 0.6) is 0 Å². The summed E-state index contributed by atoms with van der Waals surface area (Å²) >= 11 is 0. The van der Waals surface area contributed by atoms with E-state index in [1.54, 1.807) is 0 Å². The van der Waals surface area contributed by atoms with Gasteiger partial charge in [0.25, 0.3) is 0 Å². The van der Waals surface area contributed by atoms with Gasteiger partial charge in [0, 0.05) is 43.7 Å². The lowest BCUT2D eigenvalue weighted by molar-refractivity contribution is 0.667. The summed E-state index contributed by atoms with van der Waals surface area (Å²) in [6.45, 7) is 0. The van der Waals surface area contributed by atoms with Gasteiger partial charge in [-0.05, 0) is 81.6 Å². The van der Waals surface area contributed by atoms with Gasteiger partial charge in [-0.25, -0.2) is 9.97 Å². The van der Waals surface area contributed by atoms with Gasteiger partial charge in [0.15, 0.2) is 11.4 Å². The van der Waals surface area contributed by atoms with Crippen LogP contribution in [0, 0.1) is 0 Å². The summed E-state index contributed by atoms with van der Waals surface area (Å²) in [5, 5.41) is 7.75. The fourth-order valence-corrected chi connectivity index (χ4v) is 9.47. The molecule has 0 fully saturated rings. The van der Waals surface area contributed by atoms with Crippen LogP contribution < -0.4 is 0 Å². The molecule has 0 spiro atoms. The van der Waals surface area contributed by atoms with E-state index < -0.39 is 0 Å². The standard InChI is InChI=1S/C56H33N3O2/c1-3-14-34(15-4-1)36-26-30-48-45(32-36)41-20-9-11-23-47(41)59(48)37-27-31-50-46(33-37)54-55(61-50)53(57-56(58-54)35-16-5-2-6-17-35)43-29-28-40(38-18-7-8-19-39(38)43)42-22-13-25-51-52(42)44-21-10-12-24-49(44)60-51/h1-33H. The van der Waals surface area contributed by atoms with Crippen molar-refractivity contribution >= 4 is 76.6 Å². The molecule has 5 nitrogen and oxygen atoms in total. The lowest BCUT2D eigenvalue weighted by Gasteiger charge is -2.13. The highest BCUT2D eigenvalue weighted by atomic mass is 16.3. The summed E-state index contributed by atoms with van der Waals surface area (Å²) in [6.07, 6.45) is 0. The predicted octanol–water partition coefficient (Wildman–Crippen LogP) is 15.2. The van der Waals surface area contributed by atoms with E-state index in [1.165, 1.54) is 21.9 Å². The highest BCUT2D eigenvalue weighted by molar-refractivity contribution is 6.18. The number of furan rings is 2. The van der Waals surface area contributed by atoms with Gasteiger partial charge in [-0.1, -0.05) is 152 Å². The molecule has 61 heavy (non-hydrogen) atoms. The summed E-state index contributed by atoms with van der Waals surface area (Å²) in [6, 6.07) is 70.2. The molecule has 0 radical (unpaired) electrons. The molecule has 13 rings (SSSR count). The lowest BCUT2D eigenvalue weighted by atomic mass is 9.91. The molecule has 0 aliphatic rings. The highest BCUT2D eigenvalue weighted by Crippen LogP contribution is 2.44. The van der Waals surface area contributed by atoms with Crippen LogP contribution >= 0.6 is 0 Å². The molecule has 0 bridgehead atoms. The van der Waals surface area contributed by atoms with E-state index >= 15 is 0 Å². The van der Waals surface area contributed by atoms with Crippen LogP contribution in [0.4, 0.5) is 0 Å². The zero-order chi connectivity index (χ0) is 40.0. The van der Waals surface area contributed by atoms with Crippen LogP contribution in [0.1, 0.15) is 0 Å². The number of benzene rings is 9. The molecular formula is C56H33N3O2. The molecule has 13 aromatic rings. The number of hydrogen-bond acceptors (Lipinski definition) is 4. The Hall–Kier alpha value is -8.28. The van der Waals surface area contributed by atoms with Gasteiger partial charge in [0.1, 0.15) is 28.0 Å². The SMILES string of the molecule is c1ccc(-c2ccc3c(c2)c2ccccc2n3-c2ccc3oc4c(-c5ccc(-c6cccc7oc8ccccc8c67)c6ccccc56)nc(-c5ccccc5)nc4c3c2)cc1. The molecule has 9 aromatic carbocycles. The van der Waals surface area contributed by atoms with Gasteiger partial charge >= 0.3 is 0 Å². The highest BCUT2D eigenvalue weighted by Gasteiger charge is 2.23. The van der Waals surface area contributed by atoms with Crippen molar-refractivity contribution < 1.29 is 8.83 Å². The Labute approximate surface area is 349 Å². The number of rotatable bonds is 5. The van der Waals surface area contributed by atoms with Crippen molar-refractivity contribution in [3.05, 3.63) is 200 Å². The third-order valence-electron chi connectivity index (χ3n) is 12.2. The average molecular weight is 780 g/mol. The van der Waals surface area contributed by atoms with Gasteiger partial charge in [-0.2, -0.15) is 0 Å². The molecule has 0 aliphatic heterocycles. The zero-order valence-corrected chi connectivity index (χ0v) is 32.7. The Balaban J connectivity index is 1.04. The molecule has 0 saturated carbocycles. The van der Waals surface area contributed by atoms with Crippen LogP contribution in [-0.4, -0.2) is 14.5 Å². The average Bonchev–Trinajstić information content (AvgIpc) is 4.01. The molecule has 0 aliphatic carbocycles. The van der Waals surface area contributed by atoms with Gasteiger partial charge in [0.2, 0.25) is 0 Å². The molecule has 5 heteroatoms. The third kappa shape index (κ3) is 5.14. The van der Waals surface area contributed by atoms with E-state index in [2.05, 4.69) is 168 Å². The van der Waals surface area contributed by atoms with Crippen molar-refractivity contribution in [2.24, 2.45) is 0 Å². The predicted molar refractivity (Wildman–Crippen MR) is 250 cm³/mol. The second-order valence-corrected chi connectivity index (χ2v) is 15.7. The van der Waals surface area contributed by atoms with Crippen molar-refractivity contribution in [2.75, 3.05) is 0 Å². The molecule has 0 N–H and O–H groups in total. The van der Waals surface area contributed by atoms with E-state index in [1.807, 2.05) is 36.4 Å². The monoisotopic (exact) mass is 779 g/mol. The van der Waals surface area contributed by atoms with Crippen LogP contribution in [0.15, 0.2) is 209 Å². The van der Waals surface area contributed by atoms with E-state index in [0.29, 0.717) is 11.4 Å². The van der Waals surface area contributed by atoms with Crippen molar-refractivity contribution in [3.8, 4) is 50.6 Å². The maximum absolute atomic E-state index is 6.85. The maximum Gasteiger partial charge on any atom is 0.180 e. The lowest BCUT2D eigenvalue weighted by Crippen LogP contribution is -1.95. The first-order chi connectivity index (χ1) is 30.2. The van der Waals surface area contributed by atoms with Gasteiger partial charge < -0.3 is 13.4 Å². The number of aromatic nitrogens is 3. The Morgan fingerprint density at radius 3 is 1.85 bits per heavy atom. The second kappa shape index (κ2) is 13.1. The molecule has 0 unspecified atom stereocenters. The Morgan fingerprint density at radius 2 is 1.02 bits per heavy atom. The number of fused-ring (bicyclic) bond motifs is 10. The zero-order valence-electron chi connectivity index (χ0n) is 32.7.